The molecular formula is C11H16N2O3S. The summed E-state index contributed by atoms with van der Waals surface area (Å²) in [5.41, 5.74) is 0.879. The topological polar surface area (TPSA) is 43.8 Å². The van der Waals surface area contributed by atoms with Gasteiger partial charge in [-0.1, -0.05) is 0 Å². The Balaban J connectivity index is 1.65. The summed E-state index contributed by atoms with van der Waals surface area (Å²) in [7, 11) is 1.76. The molecule has 1 aromatic rings. The molecule has 5 nitrogen and oxygen atoms in total. The predicted octanol–water partition coefficient (Wildman–Crippen LogP) is 1.76. The minimum atomic E-state index is -0.268. The molecule has 0 saturated carbocycles. The van der Waals surface area contributed by atoms with E-state index in [9.17, 15) is 0 Å². The van der Waals surface area contributed by atoms with Crippen molar-refractivity contribution in [2.75, 3.05) is 25.1 Å². The van der Waals surface area contributed by atoms with Gasteiger partial charge in [-0.25, -0.2) is 4.98 Å². The lowest BCUT2D eigenvalue weighted by Gasteiger charge is -2.32. The van der Waals surface area contributed by atoms with E-state index in [0.29, 0.717) is 6.10 Å². The van der Waals surface area contributed by atoms with Crippen LogP contribution in [0.1, 0.15) is 25.3 Å². The van der Waals surface area contributed by atoms with Crippen LogP contribution in [0.15, 0.2) is 5.38 Å². The molecule has 17 heavy (non-hydrogen) atoms. The molecule has 0 N–H and O–H groups in total. The van der Waals surface area contributed by atoms with Gasteiger partial charge in [-0.15, -0.1) is 11.3 Å². The van der Waals surface area contributed by atoms with Crippen LogP contribution in [0.25, 0.3) is 0 Å². The van der Waals surface area contributed by atoms with E-state index in [4.69, 9.17) is 14.2 Å². The highest BCUT2D eigenvalue weighted by molar-refractivity contribution is 7.13. The van der Waals surface area contributed by atoms with Gasteiger partial charge in [-0.3, -0.25) is 0 Å². The quantitative estimate of drug-likeness (QED) is 0.824. The SMILES string of the molecule is CO[C@@H]1CCN(c2nc(C3OC(C)O3)cs2)C1. The second-order valence-electron chi connectivity index (χ2n) is 4.32. The van der Waals surface area contributed by atoms with Crippen molar-refractivity contribution in [1.82, 2.24) is 4.98 Å². The number of nitrogens with zero attached hydrogens (tertiary/aromatic N) is 2. The first kappa shape index (κ1) is 11.4. The molecule has 2 fully saturated rings. The normalized spacial score (nSPS) is 32.8. The maximum atomic E-state index is 5.42. The minimum absolute atomic E-state index is 0.102. The summed E-state index contributed by atoms with van der Waals surface area (Å²) in [6.07, 6.45) is 1.03. The van der Waals surface area contributed by atoms with Crippen LogP contribution in [0.2, 0.25) is 0 Å². The molecule has 0 aromatic carbocycles. The highest BCUT2D eigenvalue weighted by Gasteiger charge is 2.32. The van der Waals surface area contributed by atoms with E-state index in [1.165, 1.54) is 0 Å². The third-order valence-corrected chi connectivity index (χ3v) is 4.05. The standard InChI is InChI=1S/C11H16N2O3S/c1-7-15-10(16-7)9-6-17-11(12-9)13-4-3-8(5-13)14-2/h6-8,10H,3-5H2,1-2H3/t7?,8-,10?/m1/s1. The molecule has 0 radical (unpaired) electrons. The summed E-state index contributed by atoms with van der Waals surface area (Å²) in [4.78, 5) is 6.81. The van der Waals surface area contributed by atoms with Gasteiger partial charge in [0.2, 0.25) is 6.29 Å². The fourth-order valence-electron chi connectivity index (χ4n) is 2.12. The second kappa shape index (κ2) is 4.53. The Morgan fingerprint density at radius 1 is 1.53 bits per heavy atom. The molecule has 3 heterocycles. The van der Waals surface area contributed by atoms with Crippen LogP contribution in [0.3, 0.4) is 0 Å². The molecular weight excluding hydrogens is 240 g/mol. The molecule has 0 aliphatic carbocycles. The van der Waals surface area contributed by atoms with Crippen molar-refractivity contribution in [3.05, 3.63) is 11.1 Å². The van der Waals surface area contributed by atoms with E-state index < -0.39 is 0 Å². The zero-order valence-corrected chi connectivity index (χ0v) is 10.8. The Bertz CT molecular complexity index is 392. The maximum absolute atomic E-state index is 5.42. The Morgan fingerprint density at radius 2 is 2.35 bits per heavy atom. The van der Waals surface area contributed by atoms with E-state index in [1.807, 2.05) is 12.3 Å². The highest BCUT2D eigenvalue weighted by atomic mass is 32.1. The maximum Gasteiger partial charge on any atom is 0.207 e. The van der Waals surface area contributed by atoms with Crippen LogP contribution < -0.4 is 4.90 Å². The minimum Gasteiger partial charge on any atom is -0.380 e. The lowest BCUT2D eigenvalue weighted by atomic mass is 10.3. The first-order valence-electron chi connectivity index (χ1n) is 5.80. The zero-order valence-electron chi connectivity index (χ0n) is 9.96. The number of rotatable bonds is 3. The number of methoxy groups -OCH3 is 1. The van der Waals surface area contributed by atoms with Gasteiger partial charge >= 0.3 is 0 Å². The van der Waals surface area contributed by atoms with Gasteiger partial charge in [-0.05, 0) is 13.3 Å². The van der Waals surface area contributed by atoms with Crippen LogP contribution in [-0.2, 0) is 14.2 Å². The Kier molecular flexibility index (Phi) is 3.04. The first-order chi connectivity index (χ1) is 8.26. The molecule has 1 aromatic heterocycles. The number of aromatic nitrogens is 1. The van der Waals surface area contributed by atoms with Crippen molar-refractivity contribution >= 4 is 16.5 Å². The fraction of sp³-hybridized carbons (Fsp3) is 0.727. The molecule has 2 aliphatic heterocycles. The lowest BCUT2D eigenvalue weighted by molar-refractivity contribution is -0.383. The smallest absolute Gasteiger partial charge is 0.207 e. The van der Waals surface area contributed by atoms with Crippen molar-refractivity contribution in [2.24, 2.45) is 0 Å². The number of anilines is 1. The monoisotopic (exact) mass is 256 g/mol. The van der Waals surface area contributed by atoms with E-state index in [-0.39, 0.29) is 12.6 Å². The molecule has 0 bridgehead atoms. The number of hydrogen-bond donors (Lipinski definition) is 0. The van der Waals surface area contributed by atoms with Gasteiger partial charge in [0.25, 0.3) is 0 Å². The van der Waals surface area contributed by atoms with Crippen molar-refractivity contribution < 1.29 is 14.2 Å². The summed E-state index contributed by atoms with van der Waals surface area (Å²) in [6.45, 7) is 3.81. The average Bonchev–Trinajstić information content (AvgIpc) is 2.93. The van der Waals surface area contributed by atoms with Crippen molar-refractivity contribution in [1.29, 1.82) is 0 Å². The molecule has 0 unspecified atom stereocenters. The van der Waals surface area contributed by atoms with E-state index in [0.717, 1.165) is 30.3 Å². The summed E-state index contributed by atoms with van der Waals surface area (Å²) < 4.78 is 16.2. The van der Waals surface area contributed by atoms with Gasteiger partial charge in [0, 0.05) is 25.6 Å². The molecule has 0 amide bonds. The summed E-state index contributed by atoms with van der Waals surface area (Å²) in [5, 5.41) is 3.04. The molecule has 94 valence electrons. The highest BCUT2D eigenvalue weighted by Crippen LogP contribution is 2.34. The average molecular weight is 256 g/mol. The van der Waals surface area contributed by atoms with Gasteiger partial charge in [0.15, 0.2) is 11.4 Å². The van der Waals surface area contributed by atoms with Crippen molar-refractivity contribution in [3.63, 3.8) is 0 Å². The van der Waals surface area contributed by atoms with Crippen LogP contribution in [-0.4, -0.2) is 37.6 Å². The fourth-order valence-corrected chi connectivity index (χ4v) is 2.98. The Morgan fingerprint density at radius 3 is 3.00 bits per heavy atom. The molecule has 6 heteroatoms. The molecule has 0 spiro atoms. The third-order valence-electron chi connectivity index (χ3n) is 3.13. The van der Waals surface area contributed by atoms with E-state index in [1.54, 1.807) is 18.4 Å². The zero-order chi connectivity index (χ0) is 11.8. The number of hydrogen-bond acceptors (Lipinski definition) is 6. The van der Waals surface area contributed by atoms with E-state index in [2.05, 4.69) is 9.88 Å². The van der Waals surface area contributed by atoms with Crippen molar-refractivity contribution in [3.8, 4) is 0 Å². The predicted molar refractivity (Wildman–Crippen MR) is 64.1 cm³/mol. The summed E-state index contributed by atoms with van der Waals surface area (Å²) in [5.74, 6) is 0. The van der Waals surface area contributed by atoms with Gasteiger partial charge in [0.1, 0.15) is 5.69 Å². The third kappa shape index (κ3) is 2.18. The van der Waals surface area contributed by atoms with Crippen LogP contribution >= 0.6 is 11.3 Å². The lowest BCUT2D eigenvalue weighted by Crippen LogP contribution is -2.31. The van der Waals surface area contributed by atoms with Gasteiger partial charge < -0.3 is 19.1 Å². The molecule has 2 saturated heterocycles. The first-order valence-corrected chi connectivity index (χ1v) is 6.68. The van der Waals surface area contributed by atoms with Gasteiger partial charge in [0.05, 0.1) is 6.10 Å². The van der Waals surface area contributed by atoms with Crippen LogP contribution in [0, 0.1) is 0 Å². The molecule has 3 rings (SSSR count). The largest absolute Gasteiger partial charge is 0.380 e. The molecule has 1 atom stereocenters. The Labute approximate surface area is 104 Å². The summed E-state index contributed by atoms with van der Waals surface area (Å²) in [6, 6.07) is 0. The second-order valence-corrected chi connectivity index (χ2v) is 5.16. The van der Waals surface area contributed by atoms with Crippen molar-refractivity contribution in [2.45, 2.75) is 32.0 Å². The molecule has 2 aliphatic rings. The summed E-state index contributed by atoms with van der Waals surface area (Å²) >= 11 is 1.64. The van der Waals surface area contributed by atoms with Gasteiger partial charge in [-0.2, -0.15) is 0 Å². The number of ether oxygens (including phenoxy) is 3. The van der Waals surface area contributed by atoms with E-state index >= 15 is 0 Å². The van der Waals surface area contributed by atoms with Crippen LogP contribution in [0.5, 0.6) is 0 Å². The van der Waals surface area contributed by atoms with Crippen LogP contribution in [0.4, 0.5) is 5.13 Å². The Hall–Kier alpha value is -0.690. The number of thiazole rings is 1.